The van der Waals surface area contributed by atoms with Gasteiger partial charge in [-0.1, -0.05) is 30.3 Å². The summed E-state index contributed by atoms with van der Waals surface area (Å²) in [6.07, 6.45) is 1.90. The van der Waals surface area contributed by atoms with E-state index in [0.29, 0.717) is 10.1 Å². The maximum Gasteiger partial charge on any atom is 0.322 e. The molecule has 1 N–H and O–H groups in total. The highest BCUT2D eigenvalue weighted by molar-refractivity contribution is 7.93. The molecule has 4 rings (SSSR count). The second kappa shape index (κ2) is 7.20. The van der Waals surface area contributed by atoms with Gasteiger partial charge in [0, 0.05) is 49.5 Å². The van der Waals surface area contributed by atoms with Crippen LogP contribution in [0.15, 0.2) is 40.9 Å². The zero-order valence-corrected chi connectivity index (χ0v) is 14.9. The van der Waals surface area contributed by atoms with Gasteiger partial charge in [-0.3, -0.25) is 4.90 Å². The SMILES string of the molecule is [O-][S+](CCN1CCNCC1)c1nn2cc(-c3ccccc3)nc2s1. The first-order chi connectivity index (χ1) is 11.8. The van der Waals surface area contributed by atoms with Crippen molar-refractivity contribution >= 4 is 27.5 Å². The summed E-state index contributed by atoms with van der Waals surface area (Å²) < 4.78 is 14.9. The van der Waals surface area contributed by atoms with Gasteiger partial charge in [-0.25, -0.2) is 9.50 Å². The number of nitrogens with zero attached hydrogens (tertiary/aromatic N) is 4. The largest absolute Gasteiger partial charge is 0.609 e. The maximum atomic E-state index is 12.5. The van der Waals surface area contributed by atoms with Gasteiger partial charge in [-0.15, -0.1) is 5.10 Å². The van der Waals surface area contributed by atoms with E-state index < -0.39 is 11.2 Å². The lowest BCUT2D eigenvalue weighted by molar-refractivity contribution is 0.254. The smallest absolute Gasteiger partial charge is 0.322 e. The third kappa shape index (κ3) is 3.47. The molecule has 0 bridgehead atoms. The Morgan fingerprint density at radius 3 is 2.75 bits per heavy atom. The lowest BCUT2D eigenvalue weighted by Gasteiger charge is -2.26. The van der Waals surface area contributed by atoms with Crippen molar-refractivity contribution in [1.29, 1.82) is 0 Å². The molecule has 0 spiro atoms. The van der Waals surface area contributed by atoms with Crippen molar-refractivity contribution < 1.29 is 4.55 Å². The monoisotopic (exact) mass is 361 g/mol. The molecule has 1 aromatic carbocycles. The van der Waals surface area contributed by atoms with Crippen molar-refractivity contribution in [2.24, 2.45) is 0 Å². The Bertz CT molecular complexity index is 766. The highest BCUT2D eigenvalue weighted by Crippen LogP contribution is 2.24. The Labute approximate surface area is 147 Å². The summed E-state index contributed by atoms with van der Waals surface area (Å²) in [5, 5.41) is 7.79. The molecular weight excluding hydrogens is 342 g/mol. The van der Waals surface area contributed by atoms with E-state index in [1.54, 1.807) is 4.52 Å². The highest BCUT2D eigenvalue weighted by atomic mass is 32.2. The van der Waals surface area contributed by atoms with E-state index in [4.69, 9.17) is 0 Å². The molecule has 24 heavy (non-hydrogen) atoms. The van der Waals surface area contributed by atoms with Crippen LogP contribution < -0.4 is 5.32 Å². The molecule has 1 atom stereocenters. The molecule has 0 aliphatic carbocycles. The third-order valence-electron chi connectivity index (χ3n) is 4.09. The van der Waals surface area contributed by atoms with Gasteiger partial charge in [-0.05, 0) is 11.3 Å². The molecule has 1 saturated heterocycles. The predicted molar refractivity (Wildman–Crippen MR) is 96.9 cm³/mol. The third-order valence-corrected chi connectivity index (χ3v) is 6.64. The Balaban J connectivity index is 1.44. The van der Waals surface area contributed by atoms with Gasteiger partial charge in [-0.2, -0.15) is 0 Å². The van der Waals surface area contributed by atoms with Crippen LogP contribution in [0.1, 0.15) is 0 Å². The van der Waals surface area contributed by atoms with Crippen LogP contribution in [0.4, 0.5) is 0 Å². The van der Waals surface area contributed by atoms with E-state index in [9.17, 15) is 4.55 Å². The van der Waals surface area contributed by atoms with E-state index >= 15 is 0 Å². The van der Waals surface area contributed by atoms with E-state index in [1.807, 2.05) is 36.5 Å². The van der Waals surface area contributed by atoms with Crippen molar-refractivity contribution in [2.75, 3.05) is 38.5 Å². The van der Waals surface area contributed by atoms with Crippen LogP contribution in [0, 0.1) is 0 Å². The fourth-order valence-electron chi connectivity index (χ4n) is 2.76. The van der Waals surface area contributed by atoms with E-state index in [1.165, 1.54) is 11.3 Å². The molecule has 1 aliphatic rings. The number of hydrogen-bond acceptors (Lipinski definition) is 6. The summed E-state index contributed by atoms with van der Waals surface area (Å²) in [5.74, 6) is 0.627. The molecule has 6 nitrogen and oxygen atoms in total. The molecule has 3 aromatic rings. The first-order valence-corrected chi connectivity index (χ1v) is 10.2. The molecule has 1 aliphatic heterocycles. The summed E-state index contributed by atoms with van der Waals surface area (Å²) in [4.78, 5) is 7.74. The van der Waals surface area contributed by atoms with Crippen molar-refractivity contribution in [3.63, 3.8) is 0 Å². The zero-order valence-electron chi connectivity index (χ0n) is 13.2. The molecular formula is C16H19N5OS2. The van der Waals surface area contributed by atoms with E-state index in [2.05, 4.69) is 20.3 Å². The van der Waals surface area contributed by atoms with Gasteiger partial charge in [0.25, 0.3) is 0 Å². The Hall–Kier alpha value is -1.45. The van der Waals surface area contributed by atoms with Crippen molar-refractivity contribution in [3.05, 3.63) is 36.5 Å². The van der Waals surface area contributed by atoms with Gasteiger partial charge in [0.2, 0.25) is 4.96 Å². The van der Waals surface area contributed by atoms with Crippen LogP contribution in [0.25, 0.3) is 16.2 Å². The van der Waals surface area contributed by atoms with Gasteiger partial charge in [0.05, 0.1) is 11.9 Å². The second-order valence-electron chi connectivity index (χ2n) is 5.73. The van der Waals surface area contributed by atoms with Gasteiger partial charge < -0.3 is 9.87 Å². The van der Waals surface area contributed by atoms with Gasteiger partial charge >= 0.3 is 4.34 Å². The summed E-state index contributed by atoms with van der Waals surface area (Å²) in [6, 6.07) is 10.0. The number of aromatic nitrogens is 3. The minimum Gasteiger partial charge on any atom is -0.609 e. The summed E-state index contributed by atoms with van der Waals surface area (Å²) in [5.41, 5.74) is 1.96. The Kier molecular flexibility index (Phi) is 4.81. The zero-order chi connectivity index (χ0) is 16.4. The number of nitrogens with one attached hydrogen (secondary N) is 1. The number of fused-ring (bicyclic) bond motifs is 1. The molecule has 2 aromatic heterocycles. The van der Waals surface area contributed by atoms with Crippen molar-refractivity contribution in [2.45, 2.75) is 4.34 Å². The van der Waals surface area contributed by atoms with Crippen molar-refractivity contribution in [1.82, 2.24) is 24.8 Å². The molecule has 0 radical (unpaired) electrons. The number of imidazole rings is 1. The van der Waals surface area contributed by atoms with Crippen LogP contribution in [0.2, 0.25) is 0 Å². The topological polar surface area (TPSA) is 68.5 Å². The first kappa shape index (κ1) is 16.0. The van der Waals surface area contributed by atoms with Gasteiger partial charge in [0.15, 0.2) is 0 Å². The first-order valence-electron chi connectivity index (χ1n) is 8.03. The Morgan fingerprint density at radius 2 is 2.00 bits per heavy atom. The summed E-state index contributed by atoms with van der Waals surface area (Å²) in [7, 11) is 0. The predicted octanol–water partition coefficient (Wildman–Crippen LogP) is 1.47. The minimum absolute atomic E-state index is 0.627. The second-order valence-corrected chi connectivity index (χ2v) is 8.43. The number of piperazine rings is 1. The average Bonchev–Trinajstić information content (AvgIpc) is 3.20. The average molecular weight is 361 g/mol. The lowest BCUT2D eigenvalue weighted by atomic mass is 10.2. The summed E-state index contributed by atoms with van der Waals surface area (Å²) in [6.45, 7) is 4.93. The van der Waals surface area contributed by atoms with E-state index in [0.717, 1.165) is 48.9 Å². The van der Waals surface area contributed by atoms with Gasteiger partial charge in [0.1, 0.15) is 5.75 Å². The molecule has 1 unspecified atom stereocenters. The number of rotatable bonds is 5. The summed E-state index contributed by atoms with van der Waals surface area (Å²) >= 11 is 0.354. The molecule has 8 heteroatoms. The quantitative estimate of drug-likeness (QED) is 0.697. The van der Waals surface area contributed by atoms with E-state index in [-0.39, 0.29) is 0 Å². The molecule has 3 heterocycles. The normalized spacial score (nSPS) is 17.4. The molecule has 0 saturated carbocycles. The standard InChI is InChI=1S/C16H19N5OS2/c22-24(11-10-20-8-6-17-7-9-20)16-19-21-12-14(18-15(21)23-16)13-4-2-1-3-5-13/h1-5,12,17H,6-11H2. The fourth-order valence-corrected chi connectivity index (χ4v) is 5.00. The molecule has 1 fully saturated rings. The maximum absolute atomic E-state index is 12.5. The molecule has 126 valence electrons. The van der Waals surface area contributed by atoms with Crippen LogP contribution in [-0.2, 0) is 11.2 Å². The van der Waals surface area contributed by atoms with Crippen molar-refractivity contribution in [3.8, 4) is 11.3 Å². The number of benzene rings is 1. The lowest BCUT2D eigenvalue weighted by Crippen LogP contribution is -2.45. The van der Waals surface area contributed by atoms with Crippen LogP contribution in [-0.4, -0.2) is 62.5 Å². The van der Waals surface area contributed by atoms with Crippen LogP contribution in [0.3, 0.4) is 0 Å². The minimum atomic E-state index is -1.06. The number of hydrogen-bond donors (Lipinski definition) is 1. The fraction of sp³-hybridized carbons (Fsp3) is 0.375. The molecule has 0 amide bonds. The van der Waals surface area contributed by atoms with Crippen LogP contribution >= 0.6 is 11.3 Å². The Morgan fingerprint density at radius 1 is 1.21 bits per heavy atom. The van der Waals surface area contributed by atoms with Crippen LogP contribution in [0.5, 0.6) is 0 Å². The highest BCUT2D eigenvalue weighted by Gasteiger charge is 2.21.